The zero-order valence-electron chi connectivity index (χ0n) is 9.58. The van der Waals surface area contributed by atoms with E-state index in [-0.39, 0.29) is 0 Å². The van der Waals surface area contributed by atoms with Gasteiger partial charge in [0.25, 0.3) is 0 Å². The number of oxime groups is 1. The molecule has 88 valence electrons. The summed E-state index contributed by atoms with van der Waals surface area (Å²) in [5.74, 6) is 0. The topological polar surface area (TPSA) is 32.6 Å². The molecule has 2 aromatic carbocycles. The molecule has 18 heavy (non-hydrogen) atoms. The van der Waals surface area contributed by atoms with Crippen LogP contribution in [0.15, 0.2) is 59.8 Å². The first kappa shape index (κ1) is 11.0. The van der Waals surface area contributed by atoms with E-state index in [2.05, 4.69) is 29.4 Å². The Morgan fingerprint density at radius 2 is 1.67 bits per heavy atom. The van der Waals surface area contributed by atoms with Gasteiger partial charge in [0, 0.05) is 20.5 Å². The van der Waals surface area contributed by atoms with E-state index in [1.807, 2.05) is 30.3 Å². The summed E-state index contributed by atoms with van der Waals surface area (Å²) >= 11 is 1.71. The Kier molecular flexibility index (Phi) is 2.82. The maximum Gasteiger partial charge on any atom is 0.0754 e. The highest BCUT2D eigenvalue weighted by Crippen LogP contribution is 2.37. The predicted octanol–water partition coefficient (Wildman–Crippen LogP) is 4.38. The van der Waals surface area contributed by atoms with Crippen LogP contribution in [0.5, 0.6) is 0 Å². The number of fused-ring (bicyclic) bond motifs is 1. The van der Waals surface area contributed by atoms with Gasteiger partial charge in [-0.2, -0.15) is 0 Å². The molecule has 1 aromatic heterocycles. The molecule has 3 aromatic rings. The first-order valence-electron chi connectivity index (χ1n) is 5.64. The van der Waals surface area contributed by atoms with Crippen molar-refractivity contribution in [3.05, 3.63) is 60.2 Å². The van der Waals surface area contributed by atoms with Gasteiger partial charge in [0.2, 0.25) is 0 Å². The molecule has 0 spiro atoms. The second-order valence-electron chi connectivity index (χ2n) is 3.95. The Bertz CT molecular complexity index is 701. The van der Waals surface area contributed by atoms with Crippen molar-refractivity contribution in [2.24, 2.45) is 5.16 Å². The van der Waals surface area contributed by atoms with E-state index in [9.17, 15) is 0 Å². The van der Waals surface area contributed by atoms with Crippen LogP contribution in [0.3, 0.4) is 0 Å². The van der Waals surface area contributed by atoms with Crippen LogP contribution in [-0.4, -0.2) is 11.4 Å². The zero-order valence-corrected chi connectivity index (χ0v) is 10.4. The minimum Gasteiger partial charge on any atom is -0.411 e. The molecule has 0 bridgehead atoms. The molecule has 0 aliphatic rings. The minimum absolute atomic E-state index is 0.976. The molecule has 0 amide bonds. The first-order valence-corrected chi connectivity index (χ1v) is 6.46. The third kappa shape index (κ3) is 1.79. The number of benzene rings is 2. The Hall–Kier alpha value is -2.13. The van der Waals surface area contributed by atoms with Crippen molar-refractivity contribution in [2.75, 3.05) is 0 Å². The zero-order chi connectivity index (χ0) is 12.4. The summed E-state index contributed by atoms with van der Waals surface area (Å²) in [4.78, 5) is 1.13. The summed E-state index contributed by atoms with van der Waals surface area (Å²) < 4.78 is 1.20. The lowest BCUT2D eigenvalue weighted by Crippen LogP contribution is -1.82. The van der Waals surface area contributed by atoms with E-state index in [4.69, 9.17) is 5.21 Å². The van der Waals surface area contributed by atoms with Crippen molar-refractivity contribution in [1.29, 1.82) is 0 Å². The van der Waals surface area contributed by atoms with Crippen LogP contribution < -0.4 is 0 Å². The average molecular weight is 253 g/mol. The van der Waals surface area contributed by atoms with Crippen LogP contribution in [0, 0.1) is 0 Å². The second-order valence-corrected chi connectivity index (χ2v) is 5.00. The molecular weight excluding hydrogens is 242 g/mol. The summed E-state index contributed by atoms with van der Waals surface area (Å²) in [7, 11) is 0. The van der Waals surface area contributed by atoms with E-state index >= 15 is 0 Å². The van der Waals surface area contributed by atoms with Gasteiger partial charge in [-0.15, -0.1) is 11.3 Å². The normalized spacial score (nSPS) is 11.3. The molecular formula is C15H11NOS. The van der Waals surface area contributed by atoms with Gasteiger partial charge in [-0.1, -0.05) is 53.7 Å². The quantitative estimate of drug-likeness (QED) is 0.410. The van der Waals surface area contributed by atoms with Gasteiger partial charge in [0.1, 0.15) is 0 Å². The monoisotopic (exact) mass is 253 g/mol. The SMILES string of the molecule is O/N=C/c1c(-c2ccccc2)sc2ccccc12. The molecule has 0 atom stereocenters. The fourth-order valence-corrected chi connectivity index (χ4v) is 3.24. The third-order valence-electron chi connectivity index (χ3n) is 2.86. The van der Waals surface area contributed by atoms with Gasteiger partial charge < -0.3 is 5.21 Å². The van der Waals surface area contributed by atoms with Gasteiger partial charge in [0.05, 0.1) is 6.21 Å². The number of nitrogens with zero attached hydrogens (tertiary/aromatic N) is 1. The van der Waals surface area contributed by atoms with Gasteiger partial charge in [-0.3, -0.25) is 0 Å². The third-order valence-corrected chi connectivity index (χ3v) is 4.09. The molecule has 0 aliphatic heterocycles. The molecule has 0 fully saturated rings. The number of thiophene rings is 1. The lowest BCUT2D eigenvalue weighted by atomic mass is 10.1. The largest absolute Gasteiger partial charge is 0.411 e. The van der Waals surface area contributed by atoms with Crippen molar-refractivity contribution in [3.8, 4) is 10.4 Å². The molecule has 0 saturated carbocycles. The number of rotatable bonds is 2. The fourth-order valence-electron chi connectivity index (χ4n) is 2.06. The maximum atomic E-state index is 8.84. The smallest absolute Gasteiger partial charge is 0.0754 e. The van der Waals surface area contributed by atoms with Crippen molar-refractivity contribution in [1.82, 2.24) is 0 Å². The Morgan fingerprint density at radius 3 is 2.44 bits per heavy atom. The summed E-state index contributed by atoms with van der Waals surface area (Å²) in [5, 5.41) is 13.2. The van der Waals surface area contributed by atoms with E-state index < -0.39 is 0 Å². The standard InChI is InChI=1S/C15H11NOS/c17-16-10-13-12-8-4-5-9-14(12)18-15(13)11-6-2-1-3-7-11/h1-10,17H/b16-10+. The predicted molar refractivity (Wildman–Crippen MR) is 76.6 cm³/mol. The molecule has 0 saturated heterocycles. The molecule has 0 aliphatic carbocycles. The van der Waals surface area contributed by atoms with Crippen LogP contribution >= 0.6 is 11.3 Å². The van der Waals surface area contributed by atoms with Gasteiger partial charge in [-0.25, -0.2) is 0 Å². The van der Waals surface area contributed by atoms with Gasteiger partial charge in [0.15, 0.2) is 0 Å². The lowest BCUT2D eigenvalue weighted by Gasteiger charge is -1.98. The van der Waals surface area contributed by atoms with Gasteiger partial charge >= 0.3 is 0 Å². The molecule has 3 heteroatoms. The van der Waals surface area contributed by atoms with Crippen LogP contribution in [0.25, 0.3) is 20.5 Å². The van der Waals surface area contributed by atoms with Crippen molar-refractivity contribution < 1.29 is 5.21 Å². The number of hydrogen-bond donors (Lipinski definition) is 1. The van der Waals surface area contributed by atoms with Crippen molar-refractivity contribution in [3.63, 3.8) is 0 Å². The Labute approximate surface area is 109 Å². The van der Waals surface area contributed by atoms with Crippen LogP contribution in [0.2, 0.25) is 0 Å². The summed E-state index contributed by atoms with van der Waals surface area (Å²) in [5.41, 5.74) is 2.12. The first-order chi connectivity index (χ1) is 8.90. The van der Waals surface area contributed by atoms with Crippen LogP contribution in [-0.2, 0) is 0 Å². The molecule has 3 rings (SSSR count). The van der Waals surface area contributed by atoms with E-state index in [1.54, 1.807) is 11.3 Å². The lowest BCUT2D eigenvalue weighted by molar-refractivity contribution is 0.322. The summed E-state index contributed by atoms with van der Waals surface area (Å²) in [6.45, 7) is 0. The highest BCUT2D eigenvalue weighted by atomic mass is 32.1. The number of hydrogen-bond acceptors (Lipinski definition) is 3. The molecule has 1 N–H and O–H groups in total. The van der Waals surface area contributed by atoms with Gasteiger partial charge in [-0.05, 0) is 11.6 Å². The molecule has 2 nitrogen and oxygen atoms in total. The van der Waals surface area contributed by atoms with E-state index in [0.29, 0.717) is 0 Å². The highest BCUT2D eigenvalue weighted by Gasteiger charge is 2.11. The Morgan fingerprint density at radius 1 is 0.944 bits per heavy atom. The maximum absolute atomic E-state index is 8.84. The van der Waals surface area contributed by atoms with Crippen molar-refractivity contribution in [2.45, 2.75) is 0 Å². The van der Waals surface area contributed by atoms with Crippen LogP contribution in [0.4, 0.5) is 0 Å². The van der Waals surface area contributed by atoms with Crippen molar-refractivity contribution >= 4 is 27.6 Å². The fraction of sp³-hybridized carbons (Fsp3) is 0. The highest BCUT2D eigenvalue weighted by molar-refractivity contribution is 7.22. The van der Waals surface area contributed by atoms with Crippen LogP contribution in [0.1, 0.15) is 5.56 Å². The molecule has 1 heterocycles. The second kappa shape index (κ2) is 4.63. The molecule has 0 radical (unpaired) electrons. The minimum atomic E-state index is 0.976. The summed E-state index contributed by atoms with van der Waals surface area (Å²) in [6.07, 6.45) is 1.52. The summed E-state index contributed by atoms with van der Waals surface area (Å²) in [6, 6.07) is 18.3. The van der Waals surface area contributed by atoms with E-state index in [0.717, 1.165) is 21.4 Å². The Balaban J connectivity index is 2.32. The average Bonchev–Trinajstić information content (AvgIpc) is 2.80. The molecule has 0 unspecified atom stereocenters. The van der Waals surface area contributed by atoms with E-state index in [1.165, 1.54) is 10.9 Å².